The molecule has 0 saturated carbocycles. The largest absolute Gasteiger partial charge is 0.506 e. The van der Waals surface area contributed by atoms with Crippen LogP contribution < -0.4 is 0 Å². The predicted molar refractivity (Wildman–Crippen MR) is 71.8 cm³/mol. The number of halogens is 2. The number of aromatic hydroxyl groups is 1. The molecule has 1 aromatic carbocycles. The lowest BCUT2D eigenvalue weighted by atomic mass is 10.1. The molecule has 0 aliphatic carbocycles. The molecular formula is C13H17Cl2NO. The van der Waals surface area contributed by atoms with Crippen LogP contribution in [0.2, 0.25) is 10.0 Å². The van der Waals surface area contributed by atoms with E-state index in [2.05, 4.69) is 11.8 Å². The maximum atomic E-state index is 9.92. The molecule has 1 fully saturated rings. The van der Waals surface area contributed by atoms with Crippen molar-refractivity contribution in [3.8, 4) is 5.75 Å². The van der Waals surface area contributed by atoms with E-state index >= 15 is 0 Å². The van der Waals surface area contributed by atoms with Gasteiger partial charge in [-0.1, -0.05) is 30.1 Å². The molecule has 1 aliphatic rings. The molecule has 1 aliphatic heterocycles. The Morgan fingerprint density at radius 1 is 1.41 bits per heavy atom. The van der Waals surface area contributed by atoms with Crippen molar-refractivity contribution in [2.75, 3.05) is 6.54 Å². The molecule has 0 bridgehead atoms. The minimum atomic E-state index is 0.165. The highest BCUT2D eigenvalue weighted by Crippen LogP contribution is 2.33. The van der Waals surface area contributed by atoms with Gasteiger partial charge in [0.15, 0.2) is 0 Å². The van der Waals surface area contributed by atoms with Crippen LogP contribution in [0.5, 0.6) is 5.75 Å². The molecule has 1 N–H and O–H groups in total. The van der Waals surface area contributed by atoms with Crippen molar-refractivity contribution in [1.29, 1.82) is 0 Å². The summed E-state index contributed by atoms with van der Waals surface area (Å²) in [5.41, 5.74) is 0.822. The number of phenols is 1. The van der Waals surface area contributed by atoms with E-state index in [1.165, 1.54) is 12.8 Å². The Morgan fingerprint density at radius 3 is 2.88 bits per heavy atom. The van der Waals surface area contributed by atoms with Crippen LogP contribution in [0.3, 0.4) is 0 Å². The summed E-state index contributed by atoms with van der Waals surface area (Å²) in [5.74, 6) is 0.165. The van der Waals surface area contributed by atoms with Crippen LogP contribution in [0.25, 0.3) is 0 Å². The average molecular weight is 274 g/mol. The first-order valence-corrected chi connectivity index (χ1v) is 6.78. The van der Waals surface area contributed by atoms with E-state index < -0.39 is 0 Å². The summed E-state index contributed by atoms with van der Waals surface area (Å²) >= 11 is 11.9. The zero-order chi connectivity index (χ0) is 12.4. The fraction of sp³-hybridized carbons (Fsp3) is 0.538. The lowest BCUT2D eigenvalue weighted by Gasteiger charge is -2.23. The molecule has 2 nitrogen and oxygen atoms in total. The molecule has 1 atom stereocenters. The monoisotopic (exact) mass is 273 g/mol. The van der Waals surface area contributed by atoms with Gasteiger partial charge >= 0.3 is 0 Å². The minimum Gasteiger partial charge on any atom is -0.506 e. The molecule has 0 spiro atoms. The third-order valence-corrected chi connectivity index (χ3v) is 3.96. The number of rotatable bonds is 3. The van der Waals surface area contributed by atoms with Crippen LogP contribution >= 0.6 is 23.2 Å². The van der Waals surface area contributed by atoms with Crippen LogP contribution in [0, 0.1) is 0 Å². The van der Waals surface area contributed by atoms with Gasteiger partial charge in [0.1, 0.15) is 5.75 Å². The van der Waals surface area contributed by atoms with Crippen LogP contribution in [0.4, 0.5) is 0 Å². The van der Waals surface area contributed by atoms with E-state index in [1.807, 2.05) is 0 Å². The zero-order valence-electron chi connectivity index (χ0n) is 9.92. The van der Waals surface area contributed by atoms with E-state index in [-0.39, 0.29) is 5.75 Å². The SMILES string of the molecule is CCC1CCCN1Cc1cc(Cl)cc(Cl)c1O. The second-order valence-electron chi connectivity index (χ2n) is 4.57. The summed E-state index contributed by atoms with van der Waals surface area (Å²) in [5, 5.41) is 10.8. The van der Waals surface area contributed by atoms with Gasteiger partial charge < -0.3 is 5.11 Å². The molecule has 2 rings (SSSR count). The van der Waals surface area contributed by atoms with E-state index in [0.717, 1.165) is 25.1 Å². The fourth-order valence-corrected chi connectivity index (χ4v) is 3.06. The lowest BCUT2D eigenvalue weighted by Crippen LogP contribution is -2.28. The van der Waals surface area contributed by atoms with Gasteiger partial charge in [0.2, 0.25) is 0 Å². The molecular weight excluding hydrogens is 257 g/mol. The van der Waals surface area contributed by atoms with Gasteiger partial charge in [0.25, 0.3) is 0 Å². The van der Waals surface area contributed by atoms with Gasteiger partial charge in [0.05, 0.1) is 5.02 Å². The molecule has 1 unspecified atom stereocenters. The molecule has 0 aromatic heterocycles. The second-order valence-corrected chi connectivity index (χ2v) is 5.41. The first-order valence-electron chi connectivity index (χ1n) is 6.02. The molecule has 94 valence electrons. The lowest BCUT2D eigenvalue weighted by molar-refractivity contribution is 0.237. The van der Waals surface area contributed by atoms with Crippen molar-refractivity contribution < 1.29 is 5.11 Å². The van der Waals surface area contributed by atoms with Gasteiger partial charge in [-0.2, -0.15) is 0 Å². The Hall–Kier alpha value is -0.440. The van der Waals surface area contributed by atoms with Crippen molar-refractivity contribution in [2.24, 2.45) is 0 Å². The zero-order valence-corrected chi connectivity index (χ0v) is 11.4. The number of nitrogens with zero attached hydrogens (tertiary/aromatic N) is 1. The highest BCUT2D eigenvalue weighted by Gasteiger charge is 2.24. The van der Waals surface area contributed by atoms with Crippen molar-refractivity contribution >= 4 is 23.2 Å². The Bertz CT molecular complexity index is 409. The first-order chi connectivity index (χ1) is 8.11. The van der Waals surface area contributed by atoms with Crippen LogP contribution in [-0.4, -0.2) is 22.6 Å². The highest BCUT2D eigenvalue weighted by molar-refractivity contribution is 6.35. The number of benzene rings is 1. The van der Waals surface area contributed by atoms with Gasteiger partial charge in [0, 0.05) is 23.2 Å². The summed E-state index contributed by atoms with van der Waals surface area (Å²) in [4.78, 5) is 2.39. The molecule has 1 aromatic rings. The topological polar surface area (TPSA) is 23.5 Å². The van der Waals surface area contributed by atoms with E-state index in [1.54, 1.807) is 12.1 Å². The van der Waals surface area contributed by atoms with Gasteiger partial charge in [-0.15, -0.1) is 0 Å². The normalized spacial score (nSPS) is 21.0. The van der Waals surface area contributed by atoms with Gasteiger partial charge in [-0.05, 0) is 37.9 Å². The maximum absolute atomic E-state index is 9.92. The molecule has 0 radical (unpaired) electrons. The van der Waals surface area contributed by atoms with Crippen molar-refractivity contribution in [2.45, 2.75) is 38.8 Å². The number of phenolic OH excluding ortho intramolecular Hbond substituents is 1. The average Bonchev–Trinajstić information content (AvgIpc) is 2.72. The summed E-state index contributed by atoms with van der Waals surface area (Å²) in [6.45, 7) is 4.01. The van der Waals surface area contributed by atoms with Crippen LogP contribution in [0.1, 0.15) is 31.7 Å². The fourth-order valence-electron chi connectivity index (χ4n) is 2.52. The predicted octanol–water partition coefficient (Wildman–Crippen LogP) is 4.07. The summed E-state index contributed by atoms with van der Waals surface area (Å²) in [6.07, 6.45) is 3.62. The van der Waals surface area contributed by atoms with E-state index in [0.29, 0.717) is 16.1 Å². The Labute approximate surface area is 112 Å². The number of likely N-dealkylation sites (tertiary alicyclic amines) is 1. The Balaban J connectivity index is 2.18. The van der Waals surface area contributed by atoms with Gasteiger partial charge in [-0.3, -0.25) is 4.90 Å². The van der Waals surface area contributed by atoms with E-state index in [4.69, 9.17) is 23.2 Å². The van der Waals surface area contributed by atoms with Crippen LogP contribution in [-0.2, 0) is 6.54 Å². The maximum Gasteiger partial charge on any atom is 0.138 e. The molecule has 1 saturated heterocycles. The summed E-state index contributed by atoms with van der Waals surface area (Å²) < 4.78 is 0. The number of hydrogen-bond donors (Lipinski definition) is 1. The van der Waals surface area contributed by atoms with Crippen molar-refractivity contribution in [3.63, 3.8) is 0 Å². The summed E-state index contributed by atoms with van der Waals surface area (Å²) in [6, 6.07) is 3.99. The van der Waals surface area contributed by atoms with Crippen LogP contribution in [0.15, 0.2) is 12.1 Å². The van der Waals surface area contributed by atoms with Gasteiger partial charge in [-0.25, -0.2) is 0 Å². The third kappa shape index (κ3) is 2.87. The highest BCUT2D eigenvalue weighted by atomic mass is 35.5. The molecule has 4 heteroatoms. The third-order valence-electron chi connectivity index (χ3n) is 3.45. The Kier molecular flexibility index (Phi) is 4.18. The molecule has 0 amide bonds. The van der Waals surface area contributed by atoms with Crippen molar-refractivity contribution in [3.05, 3.63) is 27.7 Å². The van der Waals surface area contributed by atoms with Crippen molar-refractivity contribution in [1.82, 2.24) is 4.90 Å². The number of hydrogen-bond acceptors (Lipinski definition) is 2. The minimum absolute atomic E-state index is 0.165. The Morgan fingerprint density at radius 2 is 2.18 bits per heavy atom. The quantitative estimate of drug-likeness (QED) is 0.898. The summed E-state index contributed by atoms with van der Waals surface area (Å²) in [7, 11) is 0. The molecule has 1 heterocycles. The smallest absolute Gasteiger partial charge is 0.138 e. The molecule has 17 heavy (non-hydrogen) atoms. The standard InChI is InChI=1S/C13H17Cl2NO/c1-2-11-4-3-5-16(11)8-9-6-10(14)7-12(15)13(9)17/h6-7,11,17H,2-5,8H2,1H3. The van der Waals surface area contributed by atoms with E-state index in [9.17, 15) is 5.11 Å². The first kappa shape index (κ1) is 13.0. The second kappa shape index (κ2) is 5.47.